The predicted octanol–water partition coefficient (Wildman–Crippen LogP) is 3.23. The molecule has 0 bridgehead atoms. The fourth-order valence-corrected chi connectivity index (χ4v) is 2.52. The van der Waals surface area contributed by atoms with Gasteiger partial charge in [0.15, 0.2) is 0 Å². The maximum atomic E-state index is 12.0. The molecule has 0 spiro atoms. The minimum atomic E-state index is -0.362. The SMILES string of the molecule is O=C(OCc1cn(-c2ccccc2)nn1)c1ccccc1I. The van der Waals surface area contributed by atoms with Crippen LogP contribution >= 0.6 is 22.6 Å². The first kappa shape index (κ1) is 14.7. The fraction of sp³-hybridized carbons (Fsp3) is 0.0625. The van der Waals surface area contributed by atoms with Crippen molar-refractivity contribution in [3.63, 3.8) is 0 Å². The van der Waals surface area contributed by atoms with Gasteiger partial charge >= 0.3 is 5.97 Å². The van der Waals surface area contributed by atoms with Crippen LogP contribution in [0.25, 0.3) is 5.69 Å². The van der Waals surface area contributed by atoms with Gasteiger partial charge in [-0.15, -0.1) is 5.10 Å². The Balaban J connectivity index is 1.67. The number of hydrogen-bond acceptors (Lipinski definition) is 4. The Morgan fingerprint density at radius 1 is 1.09 bits per heavy atom. The highest BCUT2D eigenvalue weighted by atomic mass is 127. The van der Waals surface area contributed by atoms with E-state index in [0.717, 1.165) is 9.26 Å². The van der Waals surface area contributed by atoms with E-state index in [-0.39, 0.29) is 12.6 Å². The van der Waals surface area contributed by atoms with E-state index in [1.54, 1.807) is 16.9 Å². The molecule has 0 aliphatic carbocycles. The molecular formula is C16H12IN3O2. The second kappa shape index (κ2) is 6.69. The number of esters is 1. The van der Waals surface area contributed by atoms with Gasteiger partial charge in [-0.2, -0.15) is 0 Å². The number of carbonyl (C=O) groups is 1. The third-order valence-electron chi connectivity index (χ3n) is 3.01. The lowest BCUT2D eigenvalue weighted by Crippen LogP contribution is -2.07. The van der Waals surface area contributed by atoms with Gasteiger partial charge in [0.05, 0.1) is 17.4 Å². The molecule has 0 fully saturated rings. The van der Waals surface area contributed by atoms with E-state index < -0.39 is 0 Å². The lowest BCUT2D eigenvalue weighted by molar-refractivity contribution is 0.0466. The van der Waals surface area contributed by atoms with Gasteiger partial charge < -0.3 is 4.74 Å². The fourth-order valence-electron chi connectivity index (χ4n) is 1.92. The minimum Gasteiger partial charge on any atom is -0.455 e. The summed E-state index contributed by atoms with van der Waals surface area (Å²) in [6, 6.07) is 16.9. The van der Waals surface area contributed by atoms with E-state index in [9.17, 15) is 4.79 Å². The third-order valence-corrected chi connectivity index (χ3v) is 3.95. The van der Waals surface area contributed by atoms with Gasteiger partial charge in [-0.3, -0.25) is 0 Å². The highest BCUT2D eigenvalue weighted by Gasteiger charge is 2.12. The molecule has 0 aliphatic heterocycles. The summed E-state index contributed by atoms with van der Waals surface area (Å²) in [7, 11) is 0. The molecule has 0 amide bonds. The number of halogens is 1. The molecule has 0 N–H and O–H groups in total. The second-order valence-corrected chi connectivity index (χ2v) is 5.71. The van der Waals surface area contributed by atoms with Crippen LogP contribution in [0.2, 0.25) is 0 Å². The van der Waals surface area contributed by atoms with Gasteiger partial charge in [0, 0.05) is 3.57 Å². The summed E-state index contributed by atoms with van der Waals surface area (Å²) >= 11 is 2.11. The number of hydrogen-bond donors (Lipinski definition) is 0. The summed E-state index contributed by atoms with van der Waals surface area (Å²) in [4.78, 5) is 12.0. The number of carbonyl (C=O) groups excluding carboxylic acids is 1. The molecule has 2 aromatic carbocycles. The Bertz CT molecular complexity index is 787. The number of ether oxygens (including phenoxy) is 1. The molecule has 1 aromatic heterocycles. The third kappa shape index (κ3) is 3.33. The molecule has 3 rings (SSSR count). The molecule has 0 radical (unpaired) electrons. The largest absolute Gasteiger partial charge is 0.455 e. The zero-order valence-corrected chi connectivity index (χ0v) is 13.7. The quantitative estimate of drug-likeness (QED) is 0.494. The smallest absolute Gasteiger partial charge is 0.339 e. The first-order valence-electron chi connectivity index (χ1n) is 6.62. The van der Waals surface area contributed by atoms with E-state index in [0.29, 0.717) is 11.3 Å². The van der Waals surface area contributed by atoms with Gasteiger partial charge in [0.1, 0.15) is 12.3 Å². The summed E-state index contributed by atoms with van der Waals surface area (Å²) in [5.41, 5.74) is 2.06. The summed E-state index contributed by atoms with van der Waals surface area (Å²) < 4.78 is 7.79. The average Bonchev–Trinajstić information content (AvgIpc) is 3.03. The number of rotatable bonds is 4. The average molecular weight is 405 g/mol. The van der Waals surface area contributed by atoms with Crippen molar-refractivity contribution >= 4 is 28.6 Å². The van der Waals surface area contributed by atoms with Crippen LogP contribution < -0.4 is 0 Å². The zero-order valence-electron chi connectivity index (χ0n) is 11.5. The van der Waals surface area contributed by atoms with E-state index >= 15 is 0 Å². The van der Waals surface area contributed by atoms with Crippen LogP contribution in [0.15, 0.2) is 60.8 Å². The normalized spacial score (nSPS) is 10.4. The second-order valence-electron chi connectivity index (χ2n) is 4.55. The van der Waals surface area contributed by atoms with Crippen molar-refractivity contribution in [3.05, 3.63) is 75.6 Å². The van der Waals surface area contributed by atoms with Crippen molar-refractivity contribution in [1.82, 2.24) is 15.0 Å². The molecule has 0 atom stereocenters. The molecule has 6 heteroatoms. The van der Waals surface area contributed by atoms with Gasteiger partial charge in [-0.05, 0) is 46.9 Å². The number of para-hydroxylation sites is 1. The monoisotopic (exact) mass is 405 g/mol. The molecule has 3 aromatic rings. The number of aromatic nitrogens is 3. The van der Waals surface area contributed by atoms with Crippen molar-refractivity contribution in [1.29, 1.82) is 0 Å². The molecule has 1 heterocycles. The first-order chi connectivity index (χ1) is 10.7. The van der Waals surface area contributed by atoms with Crippen LogP contribution in [0.5, 0.6) is 0 Å². The van der Waals surface area contributed by atoms with Crippen LogP contribution in [0.3, 0.4) is 0 Å². The summed E-state index contributed by atoms with van der Waals surface area (Å²) in [6.45, 7) is 0.0939. The topological polar surface area (TPSA) is 57.0 Å². The number of nitrogens with zero attached hydrogens (tertiary/aromatic N) is 3. The van der Waals surface area contributed by atoms with Gasteiger partial charge in [-0.1, -0.05) is 35.5 Å². The van der Waals surface area contributed by atoms with Crippen LogP contribution in [0.4, 0.5) is 0 Å². The Morgan fingerprint density at radius 2 is 1.82 bits per heavy atom. The maximum Gasteiger partial charge on any atom is 0.339 e. The Hall–Kier alpha value is -2.22. The van der Waals surface area contributed by atoms with Gasteiger partial charge in [0.25, 0.3) is 0 Å². The van der Waals surface area contributed by atoms with Crippen molar-refractivity contribution in [2.75, 3.05) is 0 Å². The molecule has 0 aliphatic rings. The van der Waals surface area contributed by atoms with Crippen LogP contribution in [-0.4, -0.2) is 21.0 Å². The number of benzene rings is 2. The van der Waals surface area contributed by atoms with Crippen LogP contribution in [0, 0.1) is 3.57 Å². The Labute approximate surface area is 141 Å². The maximum absolute atomic E-state index is 12.0. The molecule has 110 valence electrons. The van der Waals surface area contributed by atoms with Gasteiger partial charge in [0.2, 0.25) is 0 Å². The zero-order chi connectivity index (χ0) is 15.4. The van der Waals surface area contributed by atoms with E-state index in [4.69, 9.17) is 4.74 Å². The van der Waals surface area contributed by atoms with Crippen LogP contribution in [0.1, 0.15) is 16.1 Å². The highest BCUT2D eigenvalue weighted by molar-refractivity contribution is 14.1. The molecule has 0 saturated heterocycles. The Morgan fingerprint density at radius 3 is 2.59 bits per heavy atom. The summed E-state index contributed by atoms with van der Waals surface area (Å²) in [5, 5.41) is 8.04. The minimum absolute atomic E-state index is 0.0939. The molecule has 0 saturated carbocycles. The predicted molar refractivity (Wildman–Crippen MR) is 89.6 cm³/mol. The van der Waals surface area contributed by atoms with Crippen LogP contribution in [-0.2, 0) is 11.3 Å². The lowest BCUT2D eigenvalue weighted by Gasteiger charge is -2.04. The molecule has 5 nitrogen and oxygen atoms in total. The van der Waals surface area contributed by atoms with E-state index in [1.807, 2.05) is 48.5 Å². The van der Waals surface area contributed by atoms with E-state index in [2.05, 4.69) is 32.9 Å². The molecule has 22 heavy (non-hydrogen) atoms. The van der Waals surface area contributed by atoms with E-state index in [1.165, 1.54) is 0 Å². The molecular weight excluding hydrogens is 393 g/mol. The van der Waals surface area contributed by atoms with Crippen molar-refractivity contribution in [2.24, 2.45) is 0 Å². The Kier molecular flexibility index (Phi) is 4.47. The highest BCUT2D eigenvalue weighted by Crippen LogP contribution is 2.13. The summed E-state index contributed by atoms with van der Waals surface area (Å²) in [6.07, 6.45) is 1.75. The standard InChI is InChI=1S/C16H12IN3O2/c17-15-9-5-4-8-14(15)16(21)22-11-12-10-20(19-18-12)13-6-2-1-3-7-13/h1-10H,11H2. The van der Waals surface area contributed by atoms with Crippen molar-refractivity contribution in [3.8, 4) is 5.69 Å². The first-order valence-corrected chi connectivity index (χ1v) is 7.70. The molecule has 0 unspecified atom stereocenters. The van der Waals surface area contributed by atoms with Crippen molar-refractivity contribution < 1.29 is 9.53 Å². The summed E-state index contributed by atoms with van der Waals surface area (Å²) in [5.74, 6) is -0.362. The van der Waals surface area contributed by atoms with Crippen molar-refractivity contribution in [2.45, 2.75) is 6.61 Å². The van der Waals surface area contributed by atoms with Gasteiger partial charge in [-0.25, -0.2) is 9.48 Å². The lowest BCUT2D eigenvalue weighted by atomic mass is 10.2.